The van der Waals surface area contributed by atoms with Gasteiger partial charge in [0, 0.05) is 26.8 Å². The number of aromatic nitrogens is 2. The number of fused-ring (bicyclic) bond motifs is 1. The van der Waals surface area contributed by atoms with E-state index in [0.29, 0.717) is 0 Å². The molecule has 1 heterocycles. The fourth-order valence-corrected chi connectivity index (χ4v) is 2.74. The average molecular weight is 416 g/mol. The molecule has 0 spiro atoms. The van der Waals surface area contributed by atoms with Gasteiger partial charge < -0.3 is 14.6 Å². The van der Waals surface area contributed by atoms with E-state index < -0.39 is 107 Å². The van der Waals surface area contributed by atoms with Crippen LogP contribution in [0.25, 0.3) is 27.7 Å². The van der Waals surface area contributed by atoms with E-state index in [-0.39, 0.29) is 12.0 Å². The zero-order valence-corrected chi connectivity index (χ0v) is 16.4. The van der Waals surface area contributed by atoms with Crippen molar-refractivity contribution in [3.05, 3.63) is 58.8 Å². The molecule has 1 atom stereocenters. The van der Waals surface area contributed by atoms with E-state index in [2.05, 4.69) is 20.3 Å². The Morgan fingerprint density at radius 1 is 1.47 bits per heavy atom. The highest BCUT2D eigenvalue weighted by molar-refractivity contribution is 5.70. The Kier molecular flexibility index (Phi) is 2.82. The molecular weight excluding hydrogens is 376 g/mol. The molecule has 30 heavy (non-hydrogen) atoms. The largest absolute Gasteiger partial charge is 0.502 e. The van der Waals surface area contributed by atoms with Gasteiger partial charge in [-0.1, -0.05) is 30.2 Å². The summed E-state index contributed by atoms with van der Waals surface area (Å²) in [6.07, 6.45) is -7.56. The van der Waals surface area contributed by atoms with Crippen LogP contribution in [0.2, 0.25) is 0 Å². The van der Waals surface area contributed by atoms with Crippen LogP contribution in [0.3, 0.4) is 0 Å². The summed E-state index contributed by atoms with van der Waals surface area (Å²) in [4.78, 5) is 7.33. The Balaban J connectivity index is 1.99. The van der Waals surface area contributed by atoms with Crippen LogP contribution in [-0.2, 0) is 6.37 Å². The normalized spacial score (nSPS) is 25.7. The van der Waals surface area contributed by atoms with Crippen molar-refractivity contribution in [2.24, 2.45) is 0 Å². The average Bonchev–Trinajstić information content (AvgIpc) is 3.42. The first kappa shape index (κ1) is 9.76. The van der Waals surface area contributed by atoms with Gasteiger partial charge in [-0.3, -0.25) is 0 Å². The molecule has 1 aliphatic rings. The molecule has 0 amide bonds. The number of nitrogens with zero attached hydrogens (tertiary/aromatic N) is 3. The third-order valence-electron chi connectivity index (χ3n) is 4.00. The van der Waals surface area contributed by atoms with Crippen LogP contribution >= 0.6 is 0 Å². The minimum atomic E-state index is -2.95. The Morgan fingerprint density at radius 2 is 2.33 bits per heavy atom. The van der Waals surface area contributed by atoms with Gasteiger partial charge in [0.05, 0.1) is 20.9 Å². The topological polar surface area (TPSA) is 64.5 Å². The molecule has 1 aliphatic carbocycles. The molecule has 0 radical (unpaired) electrons. The molecule has 1 aromatic heterocycles. The van der Waals surface area contributed by atoms with Gasteiger partial charge in [0.2, 0.25) is 11.5 Å². The second-order valence-electron chi connectivity index (χ2n) is 6.39. The minimum absolute atomic E-state index is 0.130. The fraction of sp³-hybridized carbons (Fsp3) is 0.375. The van der Waals surface area contributed by atoms with Gasteiger partial charge in [-0.2, -0.15) is 4.98 Å². The molecule has 4 rings (SSSR count). The molecule has 0 bridgehead atoms. The van der Waals surface area contributed by atoms with Crippen molar-refractivity contribution in [1.82, 2.24) is 15.5 Å². The molecule has 2 aromatic carbocycles. The van der Waals surface area contributed by atoms with Crippen LogP contribution in [0.5, 0.6) is 5.75 Å². The highest BCUT2D eigenvalue weighted by Crippen LogP contribution is 2.38. The number of hydrogen-bond donors (Lipinski definition) is 1. The van der Waals surface area contributed by atoms with Gasteiger partial charge in [0.1, 0.15) is 5.75 Å². The first-order chi connectivity index (χ1) is 19.6. The zero-order valence-electron chi connectivity index (χ0n) is 29.4. The Hall–Kier alpha value is -3.17. The summed E-state index contributed by atoms with van der Waals surface area (Å²) < 4.78 is 120. The third kappa shape index (κ3) is 3.94. The second kappa shape index (κ2) is 8.68. The lowest BCUT2D eigenvalue weighted by molar-refractivity contribution is 0.244. The van der Waals surface area contributed by atoms with E-state index in [1.807, 2.05) is 0 Å². The van der Waals surface area contributed by atoms with Crippen LogP contribution in [0.4, 0.5) is 5.69 Å². The molecule has 154 valence electrons. The number of rotatable bonds is 7. The van der Waals surface area contributed by atoms with Crippen molar-refractivity contribution in [2.75, 3.05) is 6.50 Å². The number of benzene rings is 2. The Labute approximate surface area is 195 Å². The van der Waals surface area contributed by atoms with Crippen molar-refractivity contribution < 1.29 is 27.1 Å². The smallest absolute Gasteiger partial charge is 0.256 e. The predicted molar refractivity (Wildman–Crippen MR) is 117 cm³/mol. The fourth-order valence-electron chi connectivity index (χ4n) is 2.74. The lowest BCUT2D eigenvalue weighted by atomic mass is 10.0. The molecule has 3 aromatic rings. The number of hydrogen-bond acceptors (Lipinski definition) is 5. The molecule has 6 nitrogen and oxygen atoms in total. The number of nitrogens with one attached hydrogen (secondary N) is 1. The van der Waals surface area contributed by atoms with Crippen molar-refractivity contribution in [3.63, 3.8) is 0 Å². The van der Waals surface area contributed by atoms with Crippen LogP contribution in [-0.4, -0.2) is 22.7 Å². The highest BCUT2D eigenvalue weighted by Gasteiger charge is 2.26. The number of ether oxygens (including phenoxy) is 1. The van der Waals surface area contributed by atoms with Crippen LogP contribution in [0.15, 0.2) is 40.8 Å². The molecule has 1 N–H and O–H groups in total. The predicted octanol–water partition coefficient (Wildman–Crippen LogP) is 5.73. The SMILES string of the molecule is [2H]c1c([2H])c(-c2noc(-c3c([2H])c([2H])c(OC([2H])(C)C)c([N+]#[C-])c3[2H])n2)c2c(c1[2H])[C@@H](NC([2H])([2H])CC)C([2H])([2H])C2([2H])[2H]. The lowest BCUT2D eigenvalue weighted by Crippen LogP contribution is -2.19. The summed E-state index contributed by atoms with van der Waals surface area (Å²) >= 11 is 0. The lowest BCUT2D eigenvalue weighted by Gasteiger charge is -2.13. The summed E-state index contributed by atoms with van der Waals surface area (Å²) in [5.74, 6) is -1.59. The molecule has 6 heteroatoms. The van der Waals surface area contributed by atoms with Gasteiger partial charge in [-0.25, -0.2) is 4.85 Å². The van der Waals surface area contributed by atoms with E-state index in [1.54, 1.807) is 0 Å². The van der Waals surface area contributed by atoms with Gasteiger partial charge in [-0.15, -0.1) is 0 Å². The highest BCUT2D eigenvalue weighted by atomic mass is 16.5. The van der Waals surface area contributed by atoms with Gasteiger partial charge >= 0.3 is 0 Å². The summed E-state index contributed by atoms with van der Waals surface area (Å²) in [5.41, 5.74) is -2.42. The Morgan fingerprint density at radius 3 is 3.10 bits per heavy atom. The van der Waals surface area contributed by atoms with Crippen molar-refractivity contribution >= 4 is 5.69 Å². The van der Waals surface area contributed by atoms with E-state index >= 15 is 0 Å². The molecule has 0 aliphatic heterocycles. The molecule has 0 unspecified atom stereocenters. The quantitative estimate of drug-likeness (QED) is 0.499. The summed E-state index contributed by atoms with van der Waals surface area (Å²) in [6, 6.07) is -5.84. The summed E-state index contributed by atoms with van der Waals surface area (Å²) in [7, 11) is 0. The first-order valence-electron chi connectivity index (χ1n) is 15.6. The van der Waals surface area contributed by atoms with Crippen LogP contribution in [0, 0.1) is 6.57 Å². The maximum atomic E-state index is 8.70. The monoisotopic (exact) mass is 415 g/mol. The summed E-state index contributed by atoms with van der Waals surface area (Å²) in [6.45, 7) is 9.48. The molecule has 0 fully saturated rings. The van der Waals surface area contributed by atoms with Crippen LogP contribution in [0.1, 0.15) is 68.6 Å². The van der Waals surface area contributed by atoms with E-state index in [0.717, 1.165) is 0 Å². The third-order valence-corrected chi connectivity index (χ3v) is 4.00. The van der Waals surface area contributed by atoms with Crippen molar-refractivity contribution in [2.45, 2.75) is 52.1 Å². The van der Waals surface area contributed by atoms with E-state index in [9.17, 15) is 0 Å². The zero-order chi connectivity index (χ0) is 32.6. The van der Waals surface area contributed by atoms with Crippen molar-refractivity contribution in [1.29, 1.82) is 0 Å². The summed E-state index contributed by atoms with van der Waals surface area (Å²) in [5, 5.41) is 6.17. The van der Waals surface area contributed by atoms with Gasteiger partial charge in [-0.05, 0) is 68.8 Å². The second-order valence-corrected chi connectivity index (χ2v) is 6.39. The molecule has 0 saturated heterocycles. The van der Waals surface area contributed by atoms with Gasteiger partial charge in [0.25, 0.3) is 5.89 Å². The standard InChI is InChI=1S/C24H26N4O2/c1-5-13-26-20-11-10-17-18(20)7-6-8-19(17)23-27-24(30-28-23)16-9-12-22(29-15(2)3)21(14-16)25-4/h6-9,12,14-15,20,26H,5,10-11,13H2,1-3H3/t20-/m0/s1/i6D,7D,8D,9D,10D2,11D2,12D,13D2,14D,15D. The van der Waals surface area contributed by atoms with Gasteiger partial charge in [0.15, 0.2) is 0 Å². The van der Waals surface area contributed by atoms with Crippen LogP contribution < -0.4 is 10.1 Å². The maximum Gasteiger partial charge on any atom is 0.256 e. The van der Waals surface area contributed by atoms with Crippen molar-refractivity contribution in [3.8, 4) is 28.6 Å². The first-order valence-corrected chi connectivity index (χ1v) is 9.09. The Bertz CT molecular complexity index is 1680. The van der Waals surface area contributed by atoms with E-state index in [4.69, 9.17) is 33.7 Å². The molecular formula is C24H26N4O2. The maximum absolute atomic E-state index is 8.70. The molecule has 0 saturated carbocycles. The van der Waals surface area contributed by atoms with E-state index in [1.165, 1.54) is 20.8 Å². The minimum Gasteiger partial charge on any atom is -0.502 e.